The molecule has 0 radical (unpaired) electrons. The first-order chi connectivity index (χ1) is 11.6. The Kier molecular flexibility index (Phi) is 3.82. The molecule has 0 amide bonds. The van der Waals surface area contributed by atoms with Gasteiger partial charge in [0.05, 0.1) is 11.4 Å². The fourth-order valence-corrected chi connectivity index (χ4v) is 3.52. The molecule has 0 fully saturated rings. The van der Waals surface area contributed by atoms with Gasteiger partial charge in [0.25, 0.3) is 0 Å². The molecule has 0 unspecified atom stereocenters. The van der Waals surface area contributed by atoms with Gasteiger partial charge in [-0.2, -0.15) is 0 Å². The molecule has 0 atom stereocenters. The van der Waals surface area contributed by atoms with Crippen molar-refractivity contribution >= 4 is 43.7 Å². The normalized spacial score (nSPS) is 11.1. The number of rotatable bonds is 3. The van der Waals surface area contributed by atoms with Gasteiger partial charge < -0.3 is 5.32 Å². The van der Waals surface area contributed by atoms with Crippen LogP contribution in [0.15, 0.2) is 52.4 Å². The third-order valence-corrected chi connectivity index (χ3v) is 4.89. The summed E-state index contributed by atoms with van der Waals surface area (Å²) in [4.78, 5) is 9.09. The lowest BCUT2D eigenvalue weighted by Gasteiger charge is -2.02. The Labute approximate surface area is 150 Å². The van der Waals surface area contributed by atoms with Crippen molar-refractivity contribution in [2.75, 3.05) is 5.32 Å². The molecule has 0 saturated heterocycles. The Morgan fingerprint density at radius 2 is 1.92 bits per heavy atom. The van der Waals surface area contributed by atoms with Crippen LogP contribution in [0.4, 0.5) is 15.2 Å². The minimum Gasteiger partial charge on any atom is -0.332 e. The van der Waals surface area contributed by atoms with Crippen molar-refractivity contribution in [3.63, 3.8) is 0 Å². The molecule has 0 aliphatic rings. The van der Waals surface area contributed by atoms with Crippen LogP contribution in [-0.2, 0) is 0 Å². The number of imidazole rings is 1. The first-order valence-corrected chi connectivity index (χ1v) is 8.90. The average Bonchev–Trinajstić information content (AvgIpc) is 3.12. The zero-order valence-electron chi connectivity index (χ0n) is 12.6. The lowest BCUT2D eigenvalue weighted by atomic mass is 10.3. The smallest absolute Gasteiger partial charge is 0.187 e. The van der Waals surface area contributed by atoms with Gasteiger partial charge in [-0.05, 0) is 43.3 Å². The SMILES string of the molecule is Cc1nc2ccc(F)cn2c1-c1csc(Nc2ccc(Br)cc2)n1. The molecule has 0 saturated carbocycles. The maximum absolute atomic E-state index is 13.6. The van der Waals surface area contributed by atoms with Gasteiger partial charge in [0.2, 0.25) is 0 Å². The summed E-state index contributed by atoms with van der Waals surface area (Å²) in [5, 5.41) is 6.00. The Morgan fingerprint density at radius 3 is 2.71 bits per heavy atom. The van der Waals surface area contributed by atoms with Gasteiger partial charge in [-0.1, -0.05) is 15.9 Å². The number of pyridine rings is 1. The highest BCUT2D eigenvalue weighted by molar-refractivity contribution is 9.10. The van der Waals surface area contributed by atoms with E-state index in [1.165, 1.54) is 23.6 Å². The molecule has 1 N–H and O–H groups in total. The summed E-state index contributed by atoms with van der Waals surface area (Å²) in [6, 6.07) is 11.0. The second-order valence-electron chi connectivity index (χ2n) is 5.29. The largest absolute Gasteiger partial charge is 0.332 e. The molecule has 3 aromatic heterocycles. The van der Waals surface area contributed by atoms with Gasteiger partial charge in [0.1, 0.15) is 17.2 Å². The zero-order chi connectivity index (χ0) is 16.7. The molecular formula is C17H12BrFN4S. The molecule has 0 aliphatic carbocycles. The number of hydrogen-bond donors (Lipinski definition) is 1. The van der Waals surface area contributed by atoms with E-state index in [0.717, 1.165) is 32.4 Å². The molecule has 4 rings (SSSR count). The summed E-state index contributed by atoms with van der Waals surface area (Å²) in [5.41, 5.74) is 4.07. The van der Waals surface area contributed by atoms with Crippen LogP contribution in [-0.4, -0.2) is 14.4 Å². The lowest BCUT2D eigenvalue weighted by Crippen LogP contribution is -1.92. The molecule has 4 aromatic rings. The van der Waals surface area contributed by atoms with Crippen molar-refractivity contribution in [3.8, 4) is 11.4 Å². The van der Waals surface area contributed by atoms with Crippen LogP contribution >= 0.6 is 27.3 Å². The Hall–Kier alpha value is -2.25. The highest BCUT2D eigenvalue weighted by Crippen LogP contribution is 2.30. The highest BCUT2D eigenvalue weighted by Gasteiger charge is 2.14. The summed E-state index contributed by atoms with van der Waals surface area (Å²) in [5.74, 6) is -0.301. The standard InChI is InChI=1S/C17H12BrFN4S/c1-10-16(23-8-12(19)4-7-15(23)20-10)14-9-24-17(22-14)21-13-5-2-11(18)3-6-13/h2-9H,1H3,(H,21,22). The topological polar surface area (TPSA) is 42.2 Å². The molecule has 1 aromatic carbocycles. The molecule has 0 bridgehead atoms. The van der Waals surface area contributed by atoms with Gasteiger partial charge >= 0.3 is 0 Å². The molecule has 24 heavy (non-hydrogen) atoms. The van der Waals surface area contributed by atoms with Crippen LogP contribution in [0.5, 0.6) is 0 Å². The molecule has 120 valence electrons. The minimum absolute atomic E-state index is 0.301. The quantitative estimate of drug-likeness (QED) is 0.497. The summed E-state index contributed by atoms with van der Waals surface area (Å²) >= 11 is 4.92. The van der Waals surface area contributed by atoms with Crippen molar-refractivity contribution in [1.82, 2.24) is 14.4 Å². The maximum Gasteiger partial charge on any atom is 0.187 e. The number of aromatic nitrogens is 3. The van der Waals surface area contributed by atoms with Gasteiger partial charge in [-0.25, -0.2) is 14.4 Å². The van der Waals surface area contributed by atoms with Crippen LogP contribution in [0.1, 0.15) is 5.69 Å². The molecular weight excluding hydrogens is 391 g/mol. The predicted molar refractivity (Wildman–Crippen MR) is 98.4 cm³/mol. The molecule has 7 heteroatoms. The molecule has 4 nitrogen and oxygen atoms in total. The van der Waals surface area contributed by atoms with Crippen LogP contribution < -0.4 is 5.32 Å². The van der Waals surface area contributed by atoms with Crippen molar-refractivity contribution in [2.24, 2.45) is 0 Å². The van der Waals surface area contributed by atoms with Crippen LogP contribution in [0.3, 0.4) is 0 Å². The highest BCUT2D eigenvalue weighted by atomic mass is 79.9. The Bertz CT molecular complexity index is 1020. The van der Waals surface area contributed by atoms with Gasteiger partial charge in [0.15, 0.2) is 5.13 Å². The number of nitrogens with one attached hydrogen (secondary N) is 1. The van der Waals surface area contributed by atoms with Crippen LogP contribution in [0.25, 0.3) is 17.0 Å². The summed E-state index contributed by atoms with van der Waals surface area (Å²) < 4.78 is 16.3. The van der Waals surface area contributed by atoms with Gasteiger partial charge in [-0.15, -0.1) is 11.3 Å². The second-order valence-corrected chi connectivity index (χ2v) is 7.06. The summed E-state index contributed by atoms with van der Waals surface area (Å²) in [7, 11) is 0. The average molecular weight is 403 g/mol. The van der Waals surface area contributed by atoms with E-state index in [9.17, 15) is 4.39 Å². The summed E-state index contributed by atoms with van der Waals surface area (Å²) in [6.45, 7) is 1.90. The number of nitrogens with zero attached hydrogens (tertiary/aromatic N) is 3. The van der Waals surface area contributed by atoms with Crippen molar-refractivity contribution in [2.45, 2.75) is 6.92 Å². The van der Waals surface area contributed by atoms with Crippen molar-refractivity contribution in [3.05, 3.63) is 64.0 Å². The molecule has 0 spiro atoms. The van der Waals surface area contributed by atoms with E-state index in [4.69, 9.17) is 0 Å². The van der Waals surface area contributed by atoms with E-state index in [1.807, 2.05) is 36.6 Å². The number of thiazole rings is 1. The number of halogens is 2. The first-order valence-electron chi connectivity index (χ1n) is 7.23. The Morgan fingerprint density at radius 1 is 1.12 bits per heavy atom. The minimum atomic E-state index is -0.301. The molecule has 0 aliphatic heterocycles. The van der Waals surface area contributed by atoms with E-state index < -0.39 is 0 Å². The number of aryl methyl sites for hydroxylation is 1. The van der Waals surface area contributed by atoms with E-state index in [0.29, 0.717) is 5.65 Å². The monoisotopic (exact) mass is 402 g/mol. The van der Waals surface area contributed by atoms with Crippen LogP contribution in [0.2, 0.25) is 0 Å². The van der Waals surface area contributed by atoms with Crippen molar-refractivity contribution in [1.29, 1.82) is 0 Å². The zero-order valence-corrected chi connectivity index (χ0v) is 15.0. The number of anilines is 2. The number of hydrogen-bond acceptors (Lipinski definition) is 4. The fraction of sp³-hybridized carbons (Fsp3) is 0.0588. The van der Waals surface area contributed by atoms with Gasteiger partial charge in [0, 0.05) is 21.7 Å². The molecule has 3 heterocycles. The number of benzene rings is 1. The summed E-state index contributed by atoms with van der Waals surface area (Å²) in [6.07, 6.45) is 1.44. The maximum atomic E-state index is 13.6. The number of fused-ring (bicyclic) bond motifs is 1. The van der Waals surface area contributed by atoms with E-state index in [-0.39, 0.29) is 5.82 Å². The predicted octanol–water partition coefficient (Wildman–Crippen LogP) is 5.41. The van der Waals surface area contributed by atoms with E-state index >= 15 is 0 Å². The third kappa shape index (κ3) is 2.81. The van der Waals surface area contributed by atoms with E-state index in [1.54, 1.807) is 10.5 Å². The lowest BCUT2D eigenvalue weighted by molar-refractivity contribution is 0.619. The second kappa shape index (κ2) is 5.99. The van der Waals surface area contributed by atoms with Crippen LogP contribution in [0, 0.1) is 12.7 Å². The third-order valence-electron chi connectivity index (χ3n) is 3.60. The van der Waals surface area contributed by atoms with Crippen molar-refractivity contribution < 1.29 is 4.39 Å². The fourth-order valence-electron chi connectivity index (χ4n) is 2.54. The van der Waals surface area contributed by atoms with Gasteiger partial charge in [-0.3, -0.25) is 4.40 Å². The Balaban J connectivity index is 1.71. The van der Waals surface area contributed by atoms with E-state index in [2.05, 4.69) is 31.2 Å². The first kappa shape index (κ1) is 15.3.